The van der Waals surface area contributed by atoms with Gasteiger partial charge in [0.05, 0.1) is 16.8 Å². The van der Waals surface area contributed by atoms with E-state index in [1.165, 1.54) is 25.3 Å². The number of rotatable bonds is 2. The van der Waals surface area contributed by atoms with E-state index in [4.69, 9.17) is 21.1 Å². The maximum Gasteiger partial charge on any atom is 0.342 e. The van der Waals surface area contributed by atoms with E-state index >= 15 is 0 Å². The Kier molecular flexibility index (Phi) is 8.21. The van der Waals surface area contributed by atoms with Crippen molar-refractivity contribution in [3.05, 3.63) is 40.4 Å². The van der Waals surface area contributed by atoms with E-state index in [1.54, 1.807) is 13.0 Å². The van der Waals surface area contributed by atoms with Crippen molar-refractivity contribution < 1.29 is 34.7 Å². The summed E-state index contributed by atoms with van der Waals surface area (Å²) >= 11 is 6.11. The molecule has 0 fully saturated rings. The Bertz CT molecular complexity index is 835. The number of fused-ring (bicyclic) bond motifs is 1. The molecule has 1 heterocycles. The number of aliphatic hydroxyl groups is 2. The second-order valence-corrected chi connectivity index (χ2v) is 6.90. The molecular weight excluding hydrogens is 402 g/mol. The lowest BCUT2D eigenvalue weighted by molar-refractivity contribution is 0.0344. The normalized spacial score (nSPS) is 27.0. The van der Waals surface area contributed by atoms with Crippen LogP contribution in [0.1, 0.15) is 35.7 Å². The van der Waals surface area contributed by atoms with Gasteiger partial charge >= 0.3 is 5.97 Å². The minimum Gasteiger partial charge on any atom is -0.507 e. The molecule has 1 aliphatic rings. The average molecular weight is 426 g/mol. The number of benzene rings is 1. The third-order valence-corrected chi connectivity index (χ3v) is 4.63. The van der Waals surface area contributed by atoms with Crippen molar-refractivity contribution >= 4 is 29.4 Å². The fourth-order valence-electron chi connectivity index (χ4n) is 2.73. The highest BCUT2D eigenvalue weighted by atomic mass is 35.5. The van der Waals surface area contributed by atoms with Crippen LogP contribution in [0.3, 0.4) is 0 Å². The summed E-state index contributed by atoms with van der Waals surface area (Å²) in [4.78, 5) is 16.7. The molecule has 4 N–H and O–H groups in total. The van der Waals surface area contributed by atoms with Crippen LogP contribution >= 0.6 is 11.6 Å². The van der Waals surface area contributed by atoms with E-state index in [0.29, 0.717) is 0 Å². The predicted octanol–water partition coefficient (Wildman–Crippen LogP) is 2.43. The zero-order valence-electron chi connectivity index (χ0n) is 16.1. The molecule has 0 saturated carbocycles. The van der Waals surface area contributed by atoms with Crippen molar-refractivity contribution in [3.8, 4) is 11.5 Å². The predicted molar refractivity (Wildman–Crippen MR) is 108 cm³/mol. The molecule has 0 amide bonds. The largest absolute Gasteiger partial charge is 0.507 e. The Hall–Kier alpha value is -2.39. The summed E-state index contributed by atoms with van der Waals surface area (Å²) in [6.45, 7) is 1.66. The molecule has 0 aliphatic carbocycles. The van der Waals surface area contributed by atoms with E-state index in [1.807, 2.05) is 0 Å². The first-order valence-electron chi connectivity index (χ1n) is 8.94. The number of methoxy groups -OCH3 is 1. The van der Waals surface area contributed by atoms with Gasteiger partial charge in [-0.3, -0.25) is 4.99 Å². The van der Waals surface area contributed by atoms with Crippen molar-refractivity contribution in [2.45, 2.75) is 38.1 Å². The first kappa shape index (κ1) is 22.9. The molecular formula is C20H24ClNO7. The van der Waals surface area contributed by atoms with Gasteiger partial charge in [-0.1, -0.05) is 29.8 Å². The van der Waals surface area contributed by atoms with E-state index < -0.39 is 35.8 Å². The molecule has 0 saturated heterocycles. The van der Waals surface area contributed by atoms with E-state index in [-0.39, 0.29) is 41.4 Å². The molecule has 0 bridgehead atoms. The molecule has 9 heteroatoms. The van der Waals surface area contributed by atoms with Gasteiger partial charge in [0.1, 0.15) is 36.0 Å². The second-order valence-electron chi connectivity index (χ2n) is 6.52. The van der Waals surface area contributed by atoms with Gasteiger partial charge in [0.15, 0.2) is 0 Å². The summed E-state index contributed by atoms with van der Waals surface area (Å²) in [6, 6.07) is 0.959. The summed E-state index contributed by atoms with van der Waals surface area (Å²) < 4.78 is 10.2. The first-order valence-corrected chi connectivity index (χ1v) is 9.31. The molecule has 3 atom stereocenters. The Morgan fingerprint density at radius 1 is 1.21 bits per heavy atom. The van der Waals surface area contributed by atoms with Gasteiger partial charge in [-0.05, 0) is 19.4 Å². The van der Waals surface area contributed by atoms with Crippen LogP contribution in [0.2, 0.25) is 5.02 Å². The molecule has 0 spiro atoms. The van der Waals surface area contributed by atoms with Crippen LogP contribution in [0.4, 0.5) is 0 Å². The minimum absolute atomic E-state index is 0.00533. The number of phenols is 2. The molecule has 1 aromatic rings. The number of phenolic OH excluding ortho intramolecular Hbond substituents is 2. The minimum atomic E-state index is -1.28. The maximum absolute atomic E-state index is 12.6. The molecule has 1 aromatic carbocycles. The Morgan fingerprint density at radius 3 is 2.59 bits per heavy atom. The van der Waals surface area contributed by atoms with Crippen LogP contribution < -0.4 is 0 Å². The molecule has 0 radical (unpaired) electrons. The molecule has 1 aliphatic heterocycles. The second kappa shape index (κ2) is 10.4. The van der Waals surface area contributed by atoms with Crippen LogP contribution in [0.5, 0.6) is 11.5 Å². The highest BCUT2D eigenvalue weighted by Gasteiger charge is 2.24. The lowest BCUT2D eigenvalue weighted by atomic mass is 10.0. The topological polar surface area (TPSA) is 129 Å². The highest BCUT2D eigenvalue weighted by Crippen LogP contribution is 2.37. The standard InChI is InChI=1S/C20H24ClNO7/c1-11-5-3-7-13(22-10-28-2)19(26)14(23)8-4-6-12-17(20(27)29-11)15(24)9-16(25)18(12)21/h3-4,6-7,9,11,14,19,23-26H,5,8,10H2,1-2H3/b6-4+,7-3-,22-13+/t11-,14-,19+/m0/s1. The van der Waals surface area contributed by atoms with Crippen molar-refractivity contribution in [2.75, 3.05) is 13.8 Å². The Morgan fingerprint density at radius 2 is 1.90 bits per heavy atom. The number of carbonyl (C=O) groups excluding carboxylic acids is 1. The number of halogens is 1. The van der Waals surface area contributed by atoms with Crippen LogP contribution in [0.25, 0.3) is 6.08 Å². The molecule has 0 aromatic heterocycles. The van der Waals surface area contributed by atoms with E-state index in [0.717, 1.165) is 6.07 Å². The third kappa shape index (κ3) is 5.80. The van der Waals surface area contributed by atoms with Gasteiger partial charge in [0, 0.05) is 25.2 Å². The van der Waals surface area contributed by atoms with Gasteiger partial charge in [-0.25, -0.2) is 4.79 Å². The van der Waals surface area contributed by atoms with Crippen molar-refractivity contribution in [2.24, 2.45) is 4.99 Å². The van der Waals surface area contributed by atoms with E-state index in [2.05, 4.69) is 4.99 Å². The van der Waals surface area contributed by atoms with Gasteiger partial charge in [-0.15, -0.1) is 0 Å². The summed E-state index contributed by atoms with van der Waals surface area (Å²) in [5.74, 6) is -1.70. The smallest absolute Gasteiger partial charge is 0.342 e. The summed E-state index contributed by atoms with van der Waals surface area (Å²) in [7, 11) is 1.45. The molecule has 29 heavy (non-hydrogen) atoms. The maximum atomic E-state index is 12.6. The molecule has 8 nitrogen and oxygen atoms in total. The highest BCUT2D eigenvalue weighted by molar-refractivity contribution is 6.34. The summed E-state index contributed by atoms with van der Waals surface area (Å²) in [5.41, 5.74) is 0.0651. The van der Waals surface area contributed by atoms with Crippen molar-refractivity contribution in [1.29, 1.82) is 0 Å². The molecule has 2 rings (SSSR count). The number of aliphatic hydroxyl groups excluding tert-OH is 2. The molecule has 158 valence electrons. The number of aromatic hydroxyl groups is 2. The molecule has 0 unspecified atom stereocenters. The fourth-order valence-corrected chi connectivity index (χ4v) is 2.94. The number of aliphatic imine (C=N–C) groups is 1. The van der Waals surface area contributed by atoms with Crippen molar-refractivity contribution in [1.82, 2.24) is 0 Å². The third-order valence-electron chi connectivity index (χ3n) is 4.24. The lowest BCUT2D eigenvalue weighted by Crippen LogP contribution is -2.33. The zero-order chi connectivity index (χ0) is 21.6. The number of ether oxygens (including phenoxy) is 2. The van der Waals surface area contributed by atoms with Gasteiger partial charge < -0.3 is 29.9 Å². The van der Waals surface area contributed by atoms with Crippen LogP contribution in [-0.2, 0) is 9.47 Å². The Labute approximate surface area is 173 Å². The SMILES string of the molecule is COC/N=C1\C=C/C[C@H](C)OC(=O)c2c(O)cc(O)c(Cl)c2/C=C/C[C@H](O)[C@@H]1O. The van der Waals surface area contributed by atoms with Crippen LogP contribution in [0.15, 0.2) is 29.3 Å². The van der Waals surface area contributed by atoms with Gasteiger partial charge in [-0.2, -0.15) is 0 Å². The number of hydrogen-bond acceptors (Lipinski definition) is 8. The summed E-state index contributed by atoms with van der Waals surface area (Å²) in [6.07, 6.45) is 3.23. The van der Waals surface area contributed by atoms with Crippen LogP contribution in [-0.4, -0.2) is 64.3 Å². The quantitative estimate of drug-likeness (QED) is 0.535. The number of carbonyl (C=O) groups is 1. The lowest BCUT2D eigenvalue weighted by Gasteiger charge is -2.18. The number of cyclic esters (lactones) is 1. The van der Waals surface area contributed by atoms with Crippen molar-refractivity contribution in [3.63, 3.8) is 0 Å². The van der Waals surface area contributed by atoms with Crippen LogP contribution in [0, 0.1) is 0 Å². The van der Waals surface area contributed by atoms with E-state index in [9.17, 15) is 25.2 Å². The van der Waals surface area contributed by atoms with Gasteiger partial charge in [0.2, 0.25) is 0 Å². The number of hydrogen-bond donors (Lipinski definition) is 4. The fraction of sp³-hybridized carbons (Fsp3) is 0.400. The van der Waals surface area contributed by atoms with Gasteiger partial charge in [0.25, 0.3) is 0 Å². The number of esters is 1. The average Bonchev–Trinajstić information content (AvgIpc) is 2.66. The Balaban J connectivity index is 2.48. The summed E-state index contributed by atoms with van der Waals surface area (Å²) in [5, 5.41) is 40.6. The first-order chi connectivity index (χ1) is 13.8. The number of nitrogens with zero attached hydrogens (tertiary/aromatic N) is 1. The monoisotopic (exact) mass is 425 g/mol. The zero-order valence-corrected chi connectivity index (χ0v) is 16.8.